The zero-order chi connectivity index (χ0) is 26.2. The van der Waals surface area contributed by atoms with Gasteiger partial charge in [-0.1, -0.05) is 0 Å². The van der Waals surface area contributed by atoms with E-state index >= 15 is 0 Å². The Hall–Kier alpha value is -3.81. The minimum atomic E-state index is -4.66. The summed E-state index contributed by atoms with van der Waals surface area (Å²) in [5, 5.41) is 9.91. The number of likely N-dealkylation sites (N-methyl/N-ethyl adjacent to an activating group) is 1. The average Bonchev–Trinajstić information content (AvgIpc) is 3.27. The molecule has 1 fully saturated rings. The van der Waals surface area contributed by atoms with E-state index in [1.165, 1.54) is 33.2 Å². The Morgan fingerprint density at radius 1 is 1.31 bits per heavy atom. The van der Waals surface area contributed by atoms with Gasteiger partial charge in [0, 0.05) is 40.5 Å². The highest BCUT2D eigenvalue weighted by molar-refractivity contribution is 5.89. The first kappa shape index (κ1) is 25.3. The summed E-state index contributed by atoms with van der Waals surface area (Å²) >= 11 is 0. The van der Waals surface area contributed by atoms with Crippen molar-refractivity contribution in [3.05, 3.63) is 40.4 Å². The van der Waals surface area contributed by atoms with E-state index in [4.69, 9.17) is 9.47 Å². The quantitative estimate of drug-likeness (QED) is 0.543. The SMILES string of the molecule is COc1n[nH]c2ncc(N3CC[C@@H](N(C)C(=O)Nc4cc(C(F)(F)F)cn(C)c4=O)[C@H](OC)C3)cc12. The zero-order valence-corrected chi connectivity index (χ0v) is 20.1. The second-order valence-corrected chi connectivity index (χ2v) is 8.50. The molecule has 1 aliphatic heterocycles. The Morgan fingerprint density at radius 2 is 2.06 bits per heavy atom. The Kier molecular flexibility index (Phi) is 6.80. The molecule has 0 bridgehead atoms. The number of aromatic nitrogens is 4. The number of piperidine rings is 1. The van der Waals surface area contributed by atoms with Crippen molar-refractivity contribution in [2.45, 2.75) is 24.7 Å². The molecule has 4 heterocycles. The molecule has 4 rings (SSSR count). The molecule has 11 nitrogen and oxygen atoms in total. The molecule has 2 atom stereocenters. The number of carbonyl (C=O) groups excluding carboxylic acids is 1. The van der Waals surface area contributed by atoms with Crippen molar-refractivity contribution in [2.75, 3.05) is 44.6 Å². The molecule has 14 heteroatoms. The lowest BCUT2D eigenvalue weighted by molar-refractivity contribution is -0.138. The van der Waals surface area contributed by atoms with Gasteiger partial charge >= 0.3 is 12.2 Å². The van der Waals surface area contributed by atoms with Crippen molar-refractivity contribution in [3.63, 3.8) is 0 Å². The predicted molar refractivity (Wildman–Crippen MR) is 125 cm³/mol. The topological polar surface area (TPSA) is 118 Å². The molecule has 0 aliphatic carbocycles. The second-order valence-electron chi connectivity index (χ2n) is 8.50. The smallest absolute Gasteiger partial charge is 0.417 e. The van der Waals surface area contributed by atoms with Gasteiger partial charge in [0.1, 0.15) is 5.69 Å². The number of ether oxygens (including phenoxy) is 2. The van der Waals surface area contributed by atoms with Crippen molar-refractivity contribution < 1.29 is 27.4 Å². The van der Waals surface area contributed by atoms with Gasteiger partial charge in [0.05, 0.1) is 42.1 Å². The second kappa shape index (κ2) is 9.68. The standard InChI is InChI=1S/C22H26F3N7O4/c1-30-10-12(22(23,24)25)7-15(20(30)33)27-21(34)31(2)16-5-6-32(11-17(16)35-3)13-8-14-18(26-9-13)28-29-19(14)36-4/h7-10,16-17H,5-6,11H2,1-4H3,(H,27,34)(H,26,28,29)/t16-,17-/m1/s1. The molecule has 2 amide bonds. The lowest BCUT2D eigenvalue weighted by Gasteiger charge is -2.42. The molecule has 0 aromatic carbocycles. The van der Waals surface area contributed by atoms with Crippen molar-refractivity contribution >= 4 is 28.4 Å². The van der Waals surface area contributed by atoms with Crippen molar-refractivity contribution in [2.24, 2.45) is 7.05 Å². The first-order chi connectivity index (χ1) is 17.0. The Balaban J connectivity index is 1.49. The van der Waals surface area contributed by atoms with Gasteiger partial charge in [0.2, 0.25) is 5.88 Å². The highest BCUT2D eigenvalue weighted by Crippen LogP contribution is 2.31. The molecule has 3 aromatic heterocycles. The number of nitrogens with zero attached hydrogens (tertiary/aromatic N) is 5. The summed E-state index contributed by atoms with van der Waals surface area (Å²) in [6.45, 7) is 0.984. The van der Waals surface area contributed by atoms with E-state index in [0.29, 0.717) is 43.3 Å². The Morgan fingerprint density at radius 3 is 2.72 bits per heavy atom. The average molecular weight is 509 g/mol. The Labute approximate surface area is 203 Å². The number of rotatable bonds is 5. The van der Waals surface area contributed by atoms with Crippen LogP contribution in [0.15, 0.2) is 29.3 Å². The largest absolute Gasteiger partial charge is 0.479 e. The number of methoxy groups -OCH3 is 2. The molecular weight excluding hydrogens is 483 g/mol. The van der Waals surface area contributed by atoms with Gasteiger partial charge in [-0.3, -0.25) is 9.89 Å². The predicted octanol–water partition coefficient (Wildman–Crippen LogP) is 2.44. The van der Waals surface area contributed by atoms with Crippen LogP contribution < -0.4 is 20.5 Å². The van der Waals surface area contributed by atoms with Crippen LogP contribution in [0.5, 0.6) is 5.88 Å². The third-order valence-electron chi connectivity index (χ3n) is 6.32. The highest BCUT2D eigenvalue weighted by Gasteiger charge is 2.36. The van der Waals surface area contributed by atoms with E-state index in [-0.39, 0.29) is 6.04 Å². The van der Waals surface area contributed by atoms with E-state index in [1.807, 2.05) is 6.07 Å². The van der Waals surface area contributed by atoms with E-state index < -0.39 is 35.1 Å². The maximum atomic E-state index is 13.2. The summed E-state index contributed by atoms with van der Waals surface area (Å²) in [7, 11) is 5.75. The summed E-state index contributed by atoms with van der Waals surface area (Å²) in [5.74, 6) is 0.426. The van der Waals surface area contributed by atoms with Crippen LogP contribution in [-0.4, -0.2) is 77.2 Å². The zero-order valence-electron chi connectivity index (χ0n) is 20.1. The number of urea groups is 1. The normalized spacial score (nSPS) is 18.4. The summed E-state index contributed by atoms with van der Waals surface area (Å²) < 4.78 is 51.2. The fourth-order valence-electron chi connectivity index (χ4n) is 4.32. The first-order valence-electron chi connectivity index (χ1n) is 11.0. The van der Waals surface area contributed by atoms with Crippen LogP contribution in [0.3, 0.4) is 0 Å². The van der Waals surface area contributed by atoms with Gasteiger partial charge in [-0.15, -0.1) is 5.10 Å². The van der Waals surface area contributed by atoms with Crippen LogP contribution in [0.4, 0.5) is 29.3 Å². The number of nitrogens with one attached hydrogen (secondary N) is 2. The lowest BCUT2D eigenvalue weighted by atomic mass is 10.00. The van der Waals surface area contributed by atoms with Crippen LogP contribution in [0.1, 0.15) is 12.0 Å². The number of hydrogen-bond donors (Lipinski definition) is 2. The molecule has 0 unspecified atom stereocenters. The van der Waals surface area contributed by atoms with Crippen LogP contribution in [-0.2, 0) is 18.0 Å². The maximum Gasteiger partial charge on any atom is 0.417 e. The molecule has 0 saturated carbocycles. The molecule has 2 N–H and O–H groups in total. The number of aromatic amines is 1. The van der Waals surface area contributed by atoms with Gasteiger partial charge in [-0.25, -0.2) is 9.78 Å². The number of H-pyrrole nitrogens is 1. The monoisotopic (exact) mass is 509 g/mol. The van der Waals surface area contributed by atoms with E-state index in [0.717, 1.165) is 15.6 Å². The molecule has 1 aliphatic rings. The molecule has 0 spiro atoms. The third kappa shape index (κ3) is 4.80. The minimum Gasteiger partial charge on any atom is -0.479 e. The number of fused-ring (bicyclic) bond motifs is 1. The Bertz CT molecular complexity index is 1320. The number of anilines is 2. The third-order valence-corrected chi connectivity index (χ3v) is 6.32. The summed E-state index contributed by atoms with van der Waals surface area (Å²) in [6.07, 6.45) is -2.19. The van der Waals surface area contributed by atoms with Gasteiger partial charge < -0.3 is 29.2 Å². The lowest BCUT2D eigenvalue weighted by Crippen LogP contribution is -2.56. The molecular formula is C22H26F3N7O4. The van der Waals surface area contributed by atoms with Crippen molar-refractivity contribution in [3.8, 4) is 5.88 Å². The van der Waals surface area contributed by atoms with Crippen LogP contribution in [0.25, 0.3) is 11.0 Å². The van der Waals surface area contributed by atoms with Gasteiger partial charge in [0.15, 0.2) is 5.65 Å². The fourth-order valence-corrected chi connectivity index (χ4v) is 4.32. The molecule has 194 valence electrons. The van der Waals surface area contributed by atoms with Crippen LogP contribution >= 0.6 is 0 Å². The summed E-state index contributed by atoms with van der Waals surface area (Å²) in [4.78, 5) is 33.0. The molecule has 0 radical (unpaired) electrons. The summed E-state index contributed by atoms with van der Waals surface area (Å²) in [6, 6.07) is 1.44. The van der Waals surface area contributed by atoms with E-state index in [2.05, 4.69) is 25.4 Å². The van der Waals surface area contributed by atoms with Crippen molar-refractivity contribution in [1.29, 1.82) is 0 Å². The number of hydrogen-bond acceptors (Lipinski definition) is 7. The van der Waals surface area contributed by atoms with Gasteiger partial charge in [-0.2, -0.15) is 13.2 Å². The van der Waals surface area contributed by atoms with E-state index in [9.17, 15) is 22.8 Å². The molecule has 36 heavy (non-hydrogen) atoms. The van der Waals surface area contributed by atoms with E-state index in [1.54, 1.807) is 6.20 Å². The van der Waals surface area contributed by atoms with Crippen molar-refractivity contribution in [1.82, 2.24) is 24.6 Å². The first-order valence-corrected chi connectivity index (χ1v) is 11.0. The number of halogens is 3. The maximum absolute atomic E-state index is 13.2. The van der Waals surface area contributed by atoms with Crippen LogP contribution in [0.2, 0.25) is 0 Å². The van der Waals surface area contributed by atoms with Crippen LogP contribution in [0, 0.1) is 0 Å². The number of pyridine rings is 2. The fraction of sp³-hybridized carbons (Fsp3) is 0.455. The van der Waals surface area contributed by atoms with Gasteiger partial charge in [0.25, 0.3) is 5.56 Å². The number of amides is 2. The number of aryl methyl sites for hydroxylation is 1. The number of alkyl halides is 3. The highest BCUT2D eigenvalue weighted by atomic mass is 19.4. The van der Waals surface area contributed by atoms with Gasteiger partial charge in [-0.05, 0) is 18.6 Å². The molecule has 1 saturated heterocycles. The molecule has 3 aromatic rings. The summed E-state index contributed by atoms with van der Waals surface area (Å²) in [5.41, 5.74) is -0.830. The number of carbonyl (C=O) groups is 1. The minimum absolute atomic E-state index is 0.388.